The van der Waals surface area contributed by atoms with E-state index in [-0.39, 0.29) is 18.4 Å². The Morgan fingerprint density at radius 2 is 1.58 bits per heavy atom. The highest BCUT2D eigenvalue weighted by Crippen LogP contribution is 2.47. The minimum Gasteiger partial charge on any atom is -0.493 e. The number of hydrogen-bond donors (Lipinski definition) is 1. The predicted molar refractivity (Wildman–Crippen MR) is 142 cm³/mol. The lowest BCUT2D eigenvalue weighted by Crippen LogP contribution is -2.62. The number of piperazine rings is 1. The van der Waals surface area contributed by atoms with Gasteiger partial charge in [-0.15, -0.1) is 0 Å². The summed E-state index contributed by atoms with van der Waals surface area (Å²) in [6.45, 7) is 0.409. The van der Waals surface area contributed by atoms with Crippen molar-refractivity contribution in [3.8, 4) is 17.2 Å². The first kappa shape index (κ1) is 23.9. The second-order valence-electron chi connectivity index (χ2n) is 9.62. The first-order chi connectivity index (χ1) is 18.5. The summed E-state index contributed by atoms with van der Waals surface area (Å²) in [5, 5.41) is 1.06. The molecule has 3 aromatic carbocycles. The average molecular weight is 512 g/mol. The fraction of sp³-hybridized carbons (Fsp3) is 0.267. The van der Waals surface area contributed by atoms with Crippen LogP contribution in [0.2, 0.25) is 0 Å². The van der Waals surface area contributed by atoms with Crippen molar-refractivity contribution < 1.29 is 23.8 Å². The molecule has 3 heterocycles. The molecule has 0 aliphatic carbocycles. The smallest absolute Gasteiger partial charge is 0.246 e. The third kappa shape index (κ3) is 3.75. The molecule has 2 aliphatic rings. The van der Waals surface area contributed by atoms with Crippen LogP contribution in [0.3, 0.4) is 0 Å². The van der Waals surface area contributed by atoms with Crippen LogP contribution in [0, 0.1) is 0 Å². The van der Waals surface area contributed by atoms with Gasteiger partial charge >= 0.3 is 0 Å². The summed E-state index contributed by atoms with van der Waals surface area (Å²) >= 11 is 0. The Bertz CT molecular complexity index is 1500. The van der Waals surface area contributed by atoms with Crippen LogP contribution in [-0.2, 0) is 22.6 Å². The van der Waals surface area contributed by atoms with E-state index in [1.807, 2.05) is 60.7 Å². The summed E-state index contributed by atoms with van der Waals surface area (Å²) in [7, 11) is 4.69. The molecule has 2 unspecified atom stereocenters. The maximum absolute atomic E-state index is 14.0. The summed E-state index contributed by atoms with van der Waals surface area (Å²) in [5.74, 6) is 1.29. The highest BCUT2D eigenvalue weighted by Gasteiger charge is 2.48. The number of nitrogens with zero attached hydrogens (tertiary/aromatic N) is 2. The molecule has 8 heteroatoms. The maximum Gasteiger partial charge on any atom is 0.246 e. The van der Waals surface area contributed by atoms with Crippen molar-refractivity contribution in [2.24, 2.45) is 0 Å². The van der Waals surface area contributed by atoms with Crippen LogP contribution >= 0.6 is 0 Å². The molecule has 0 bridgehead atoms. The minimum absolute atomic E-state index is 0.0146. The second kappa shape index (κ2) is 9.45. The largest absolute Gasteiger partial charge is 0.493 e. The van der Waals surface area contributed by atoms with Gasteiger partial charge in [0.15, 0.2) is 11.5 Å². The van der Waals surface area contributed by atoms with Gasteiger partial charge in [0.05, 0.1) is 27.4 Å². The van der Waals surface area contributed by atoms with Crippen molar-refractivity contribution in [1.29, 1.82) is 0 Å². The lowest BCUT2D eigenvalue weighted by Gasteiger charge is -2.47. The molecule has 2 amide bonds. The van der Waals surface area contributed by atoms with Gasteiger partial charge < -0.3 is 29.0 Å². The topological polar surface area (TPSA) is 84.1 Å². The van der Waals surface area contributed by atoms with Crippen LogP contribution in [-0.4, -0.2) is 60.5 Å². The van der Waals surface area contributed by atoms with Crippen molar-refractivity contribution in [2.45, 2.75) is 25.0 Å². The van der Waals surface area contributed by atoms with Crippen LogP contribution < -0.4 is 14.2 Å². The number of aromatic amines is 1. The summed E-state index contributed by atoms with van der Waals surface area (Å²) in [6, 6.07) is 20.4. The molecule has 0 radical (unpaired) electrons. The maximum atomic E-state index is 14.0. The third-order valence-electron chi connectivity index (χ3n) is 7.56. The molecule has 38 heavy (non-hydrogen) atoms. The Labute approximate surface area is 220 Å². The van der Waals surface area contributed by atoms with E-state index in [0.717, 1.165) is 33.3 Å². The average Bonchev–Trinajstić information content (AvgIpc) is 3.32. The molecule has 2 aliphatic heterocycles. The highest BCUT2D eigenvalue weighted by molar-refractivity contribution is 5.97. The van der Waals surface area contributed by atoms with E-state index < -0.39 is 12.1 Å². The fourth-order valence-corrected chi connectivity index (χ4v) is 5.87. The van der Waals surface area contributed by atoms with E-state index in [2.05, 4.69) is 11.1 Å². The van der Waals surface area contributed by atoms with E-state index in [1.54, 1.807) is 31.1 Å². The van der Waals surface area contributed by atoms with Gasteiger partial charge in [-0.05, 0) is 34.9 Å². The Morgan fingerprint density at radius 3 is 2.26 bits per heavy atom. The number of benzene rings is 3. The lowest BCUT2D eigenvalue weighted by atomic mass is 9.86. The van der Waals surface area contributed by atoms with Gasteiger partial charge in [-0.25, -0.2) is 0 Å². The van der Waals surface area contributed by atoms with Crippen molar-refractivity contribution >= 4 is 22.7 Å². The van der Waals surface area contributed by atoms with Gasteiger partial charge in [0.25, 0.3) is 0 Å². The van der Waals surface area contributed by atoms with Crippen LogP contribution in [0.25, 0.3) is 10.9 Å². The Hall–Kier alpha value is -4.46. The highest BCUT2D eigenvalue weighted by atomic mass is 16.5. The predicted octanol–water partition coefficient (Wildman–Crippen LogP) is 4.08. The first-order valence-electron chi connectivity index (χ1n) is 12.6. The van der Waals surface area contributed by atoms with Crippen LogP contribution in [0.15, 0.2) is 66.7 Å². The molecular formula is C30H29N3O5. The number of rotatable bonds is 6. The summed E-state index contributed by atoms with van der Waals surface area (Å²) in [5.41, 5.74) is 4.68. The van der Waals surface area contributed by atoms with Gasteiger partial charge in [-0.2, -0.15) is 0 Å². The van der Waals surface area contributed by atoms with Crippen molar-refractivity contribution in [3.05, 3.63) is 89.1 Å². The van der Waals surface area contributed by atoms with E-state index in [9.17, 15) is 9.59 Å². The Morgan fingerprint density at radius 1 is 0.895 bits per heavy atom. The van der Waals surface area contributed by atoms with Gasteiger partial charge in [0.2, 0.25) is 17.6 Å². The molecule has 2 atom stereocenters. The monoisotopic (exact) mass is 511 g/mol. The SMILES string of the molecule is COc1cc(C2c3[nH]c4ccccc4c3CC3C(=O)N(Cc4ccccc4)CC(=O)N32)cc(OC)c1OC. The molecular weight excluding hydrogens is 482 g/mol. The first-order valence-corrected chi connectivity index (χ1v) is 12.6. The van der Waals surface area contributed by atoms with Crippen LogP contribution in [0.1, 0.15) is 28.4 Å². The number of hydrogen-bond acceptors (Lipinski definition) is 5. The van der Waals surface area contributed by atoms with Crippen LogP contribution in [0.4, 0.5) is 0 Å². The van der Waals surface area contributed by atoms with Gasteiger partial charge in [-0.1, -0.05) is 48.5 Å². The zero-order valence-corrected chi connectivity index (χ0v) is 21.6. The molecule has 1 N–H and O–H groups in total. The number of fused-ring (bicyclic) bond motifs is 4. The fourth-order valence-electron chi connectivity index (χ4n) is 5.87. The molecule has 1 aromatic heterocycles. The Balaban J connectivity index is 1.50. The zero-order valence-electron chi connectivity index (χ0n) is 21.6. The van der Waals surface area contributed by atoms with Crippen molar-refractivity contribution in [1.82, 2.24) is 14.8 Å². The summed E-state index contributed by atoms with van der Waals surface area (Å²) in [4.78, 5) is 34.8. The number of para-hydroxylation sites is 1. The zero-order chi connectivity index (χ0) is 26.4. The number of carbonyl (C=O) groups is 2. The molecule has 6 rings (SSSR count). The van der Waals surface area contributed by atoms with Gasteiger partial charge in [0, 0.05) is 29.6 Å². The van der Waals surface area contributed by atoms with E-state index >= 15 is 0 Å². The number of amides is 2. The Kier molecular flexibility index (Phi) is 5.94. The molecule has 0 saturated carbocycles. The number of carbonyl (C=O) groups excluding carboxylic acids is 2. The molecule has 4 aromatic rings. The number of aromatic nitrogens is 1. The minimum atomic E-state index is -0.629. The van der Waals surface area contributed by atoms with Crippen molar-refractivity contribution in [3.63, 3.8) is 0 Å². The van der Waals surface area contributed by atoms with Crippen LogP contribution in [0.5, 0.6) is 17.2 Å². The summed E-state index contributed by atoms with van der Waals surface area (Å²) in [6.07, 6.45) is 0.441. The standard InChI is InChI=1S/C30H29N3O5/c1-36-24-13-19(14-25(37-2)29(24)38-3)28-27-21(20-11-7-8-12-22(20)31-27)15-23-30(35)32(17-26(34)33(23)28)16-18-9-5-4-6-10-18/h4-14,23,28,31H,15-17H2,1-3H3. The van der Waals surface area contributed by atoms with Gasteiger partial charge in [-0.3, -0.25) is 9.59 Å². The number of nitrogens with one attached hydrogen (secondary N) is 1. The summed E-state index contributed by atoms with van der Waals surface area (Å²) < 4.78 is 16.8. The normalized spacial score (nSPS) is 18.8. The number of H-pyrrole nitrogens is 1. The molecule has 1 saturated heterocycles. The molecule has 0 spiro atoms. The molecule has 194 valence electrons. The number of ether oxygens (including phenoxy) is 3. The second-order valence-corrected chi connectivity index (χ2v) is 9.62. The molecule has 1 fully saturated rings. The van der Waals surface area contributed by atoms with E-state index in [0.29, 0.717) is 30.2 Å². The molecule has 8 nitrogen and oxygen atoms in total. The van der Waals surface area contributed by atoms with E-state index in [4.69, 9.17) is 14.2 Å². The van der Waals surface area contributed by atoms with E-state index in [1.165, 1.54) is 0 Å². The quantitative estimate of drug-likeness (QED) is 0.422. The van der Waals surface area contributed by atoms with Gasteiger partial charge in [0.1, 0.15) is 12.6 Å². The van der Waals surface area contributed by atoms with Crippen molar-refractivity contribution in [2.75, 3.05) is 27.9 Å². The lowest BCUT2D eigenvalue weighted by molar-refractivity contribution is -0.159. The third-order valence-corrected chi connectivity index (χ3v) is 7.56. The number of methoxy groups -OCH3 is 3.